The van der Waals surface area contributed by atoms with Gasteiger partial charge in [-0.1, -0.05) is 74.5 Å². The fourth-order valence-electron chi connectivity index (χ4n) is 4.76. The molecule has 0 spiro atoms. The Kier molecular flexibility index (Phi) is 8.56. The van der Waals surface area contributed by atoms with Crippen molar-refractivity contribution in [3.05, 3.63) is 113 Å². The second kappa shape index (κ2) is 12.4. The average Bonchev–Trinajstić information content (AvgIpc) is 3.63. The van der Waals surface area contributed by atoms with Crippen LogP contribution in [0.4, 0.5) is 0 Å². The monoisotopic (exact) mass is 537 g/mol. The molecule has 0 bridgehead atoms. The lowest BCUT2D eigenvalue weighted by Crippen LogP contribution is -2.18. The van der Waals surface area contributed by atoms with Gasteiger partial charge in [-0.25, -0.2) is 0 Å². The molecule has 0 saturated carbocycles. The lowest BCUT2D eigenvalue weighted by atomic mass is 9.96. The van der Waals surface area contributed by atoms with Crippen LogP contribution in [0.5, 0.6) is 11.5 Å². The topological polar surface area (TPSA) is 48.8 Å². The van der Waals surface area contributed by atoms with Crippen LogP contribution >= 0.6 is 0 Å². The molecule has 3 aromatic carbocycles. The van der Waals surface area contributed by atoms with Crippen LogP contribution in [0.25, 0.3) is 11.3 Å². The molecule has 40 heavy (non-hydrogen) atoms. The van der Waals surface area contributed by atoms with Gasteiger partial charge in [0, 0.05) is 30.4 Å². The molecule has 1 aromatic heterocycles. The molecular formula is C34H39N3O3. The summed E-state index contributed by atoms with van der Waals surface area (Å²) >= 11 is 0. The first-order chi connectivity index (χ1) is 19.4. The van der Waals surface area contributed by atoms with Crippen molar-refractivity contribution in [2.75, 3.05) is 13.1 Å². The number of nitrogens with zero attached hydrogens (tertiary/aromatic N) is 3. The number of benzene rings is 3. The van der Waals surface area contributed by atoms with Gasteiger partial charge in [-0.05, 0) is 55.5 Å². The van der Waals surface area contributed by atoms with Gasteiger partial charge >= 0.3 is 0 Å². The smallest absolute Gasteiger partial charge is 0.165 e. The molecule has 4 aromatic rings. The SMILES string of the molecule is CCN1CC(c2ccn(C(C)C)n2)=C(c2cc(C(C)C)c(OCc3ccccc3)cc2OCc2ccccc2)O1. The molecule has 0 radical (unpaired) electrons. The fourth-order valence-corrected chi connectivity index (χ4v) is 4.76. The largest absolute Gasteiger partial charge is 0.488 e. The maximum absolute atomic E-state index is 6.52. The minimum Gasteiger partial charge on any atom is -0.488 e. The molecule has 0 unspecified atom stereocenters. The average molecular weight is 538 g/mol. The van der Waals surface area contributed by atoms with Crippen LogP contribution < -0.4 is 9.47 Å². The highest BCUT2D eigenvalue weighted by Crippen LogP contribution is 2.43. The summed E-state index contributed by atoms with van der Waals surface area (Å²) in [6, 6.07) is 27.0. The zero-order valence-electron chi connectivity index (χ0n) is 24.1. The highest BCUT2D eigenvalue weighted by molar-refractivity contribution is 5.90. The normalized spacial score (nSPS) is 13.8. The van der Waals surface area contributed by atoms with Crippen LogP contribution in [-0.4, -0.2) is 27.9 Å². The van der Waals surface area contributed by atoms with Gasteiger partial charge in [0.1, 0.15) is 24.7 Å². The molecule has 0 atom stereocenters. The fraction of sp³-hybridized carbons (Fsp3) is 0.324. The summed E-state index contributed by atoms with van der Waals surface area (Å²) in [5.74, 6) is 2.57. The molecule has 6 nitrogen and oxygen atoms in total. The Morgan fingerprint density at radius 1 is 0.825 bits per heavy atom. The van der Waals surface area contributed by atoms with Crippen LogP contribution in [0.3, 0.4) is 0 Å². The Balaban J connectivity index is 1.59. The third-order valence-electron chi connectivity index (χ3n) is 7.08. The molecule has 1 aliphatic rings. The van der Waals surface area contributed by atoms with E-state index in [2.05, 4.69) is 71.0 Å². The van der Waals surface area contributed by atoms with E-state index in [0.717, 1.165) is 57.3 Å². The first-order valence-corrected chi connectivity index (χ1v) is 14.2. The van der Waals surface area contributed by atoms with E-state index in [1.165, 1.54) is 0 Å². The van der Waals surface area contributed by atoms with E-state index in [4.69, 9.17) is 19.4 Å². The van der Waals surface area contributed by atoms with Crippen LogP contribution in [0.15, 0.2) is 85.1 Å². The summed E-state index contributed by atoms with van der Waals surface area (Å²) < 4.78 is 14.9. The number of hydrogen-bond acceptors (Lipinski definition) is 5. The molecule has 0 fully saturated rings. The molecule has 6 heteroatoms. The Morgan fingerprint density at radius 3 is 2.00 bits per heavy atom. The lowest BCUT2D eigenvalue weighted by Gasteiger charge is -2.21. The van der Waals surface area contributed by atoms with Crippen molar-refractivity contribution in [2.45, 2.75) is 59.8 Å². The van der Waals surface area contributed by atoms with E-state index in [1.807, 2.05) is 58.4 Å². The van der Waals surface area contributed by atoms with E-state index in [0.29, 0.717) is 19.8 Å². The minimum absolute atomic E-state index is 0.237. The summed E-state index contributed by atoms with van der Waals surface area (Å²) in [4.78, 5) is 6.47. The van der Waals surface area contributed by atoms with E-state index >= 15 is 0 Å². The Labute approximate surface area is 237 Å². The van der Waals surface area contributed by atoms with Gasteiger partial charge in [0.2, 0.25) is 0 Å². The summed E-state index contributed by atoms with van der Waals surface area (Å²) in [7, 11) is 0. The van der Waals surface area contributed by atoms with Crippen molar-refractivity contribution in [3.63, 3.8) is 0 Å². The van der Waals surface area contributed by atoms with Gasteiger partial charge < -0.3 is 14.3 Å². The molecule has 2 heterocycles. The first kappa shape index (κ1) is 27.5. The van der Waals surface area contributed by atoms with Gasteiger partial charge in [-0.15, -0.1) is 5.06 Å². The number of rotatable bonds is 11. The predicted molar refractivity (Wildman–Crippen MR) is 160 cm³/mol. The number of hydrogen-bond donors (Lipinski definition) is 0. The molecule has 5 rings (SSSR count). The molecule has 208 valence electrons. The molecule has 0 saturated heterocycles. The molecular weight excluding hydrogens is 498 g/mol. The number of ether oxygens (including phenoxy) is 2. The molecule has 0 aliphatic carbocycles. The van der Waals surface area contributed by atoms with E-state index in [-0.39, 0.29) is 12.0 Å². The molecule has 1 aliphatic heterocycles. The van der Waals surface area contributed by atoms with Crippen molar-refractivity contribution in [1.29, 1.82) is 0 Å². The zero-order chi connectivity index (χ0) is 28.1. The van der Waals surface area contributed by atoms with Crippen molar-refractivity contribution < 1.29 is 14.3 Å². The van der Waals surface area contributed by atoms with Crippen LogP contribution in [-0.2, 0) is 18.1 Å². The Morgan fingerprint density at radius 2 is 1.45 bits per heavy atom. The van der Waals surface area contributed by atoms with Gasteiger partial charge in [0.25, 0.3) is 0 Å². The highest BCUT2D eigenvalue weighted by atomic mass is 16.7. The maximum Gasteiger partial charge on any atom is 0.165 e. The number of hydroxylamine groups is 2. The highest BCUT2D eigenvalue weighted by Gasteiger charge is 2.30. The van der Waals surface area contributed by atoms with Crippen LogP contribution in [0, 0.1) is 0 Å². The number of aromatic nitrogens is 2. The van der Waals surface area contributed by atoms with Crippen LogP contribution in [0.1, 0.15) is 74.5 Å². The second-order valence-electron chi connectivity index (χ2n) is 10.7. The Hall–Kier alpha value is -4.03. The standard InChI is InChI=1S/C34H39N3O3/c1-6-36-21-30(31-17-18-37(35-31)25(4)5)34(40-36)29-19-28(24(2)3)32(38-22-26-13-9-7-10-14-26)20-33(29)39-23-27-15-11-8-12-16-27/h7-20,24-25H,6,21-23H2,1-5H3. The van der Waals surface area contributed by atoms with E-state index in [9.17, 15) is 0 Å². The third kappa shape index (κ3) is 6.23. The maximum atomic E-state index is 6.52. The summed E-state index contributed by atoms with van der Waals surface area (Å²) in [6.07, 6.45) is 2.03. The van der Waals surface area contributed by atoms with Crippen molar-refractivity contribution in [1.82, 2.24) is 14.8 Å². The van der Waals surface area contributed by atoms with E-state index in [1.54, 1.807) is 0 Å². The predicted octanol–water partition coefficient (Wildman–Crippen LogP) is 7.88. The van der Waals surface area contributed by atoms with Gasteiger partial charge in [0.05, 0.1) is 17.8 Å². The second-order valence-corrected chi connectivity index (χ2v) is 10.7. The zero-order valence-corrected chi connectivity index (χ0v) is 24.1. The van der Waals surface area contributed by atoms with Gasteiger partial charge in [0.15, 0.2) is 5.76 Å². The summed E-state index contributed by atoms with van der Waals surface area (Å²) in [5.41, 5.74) is 6.22. The third-order valence-corrected chi connectivity index (χ3v) is 7.08. The van der Waals surface area contributed by atoms with Crippen molar-refractivity contribution >= 4 is 11.3 Å². The quantitative estimate of drug-likeness (QED) is 0.195. The first-order valence-electron chi connectivity index (χ1n) is 14.2. The molecule has 0 N–H and O–H groups in total. The summed E-state index contributed by atoms with van der Waals surface area (Å²) in [5, 5.41) is 6.85. The van der Waals surface area contributed by atoms with Crippen LogP contribution in [0.2, 0.25) is 0 Å². The van der Waals surface area contributed by atoms with Crippen molar-refractivity contribution in [2.24, 2.45) is 0 Å². The number of likely N-dealkylation sites (N-methyl/N-ethyl adjacent to an activating group) is 1. The van der Waals surface area contributed by atoms with E-state index < -0.39 is 0 Å². The minimum atomic E-state index is 0.237. The van der Waals surface area contributed by atoms with Gasteiger partial charge in [-0.2, -0.15) is 5.10 Å². The summed E-state index contributed by atoms with van der Waals surface area (Å²) in [6.45, 7) is 13.1. The van der Waals surface area contributed by atoms with Gasteiger partial charge in [-0.3, -0.25) is 4.68 Å². The Bertz CT molecular complexity index is 1440. The lowest BCUT2D eigenvalue weighted by molar-refractivity contribution is -0.0557. The molecule has 0 amide bonds. The van der Waals surface area contributed by atoms with Crippen molar-refractivity contribution in [3.8, 4) is 11.5 Å².